The molecule has 0 bridgehead atoms. The number of carbonyl (C=O) groups excluding carboxylic acids is 1. The van der Waals surface area contributed by atoms with Crippen LogP contribution in [0.25, 0.3) is 17.0 Å². The molecule has 1 aliphatic rings. The molecular formula is C26H18Cl2N2OS2. The van der Waals surface area contributed by atoms with E-state index in [9.17, 15) is 4.79 Å². The molecule has 1 saturated heterocycles. The van der Waals surface area contributed by atoms with Crippen molar-refractivity contribution in [2.24, 2.45) is 0 Å². The summed E-state index contributed by atoms with van der Waals surface area (Å²) in [5, 5.41) is 2.29. The van der Waals surface area contributed by atoms with Crippen LogP contribution >= 0.6 is 47.2 Å². The minimum absolute atomic E-state index is 0.100. The average Bonchev–Trinajstić information content (AvgIpc) is 3.27. The summed E-state index contributed by atoms with van der Waals surface area (Å²) < 4.78 is 2.68. The zero-order valence-electron chi connectivity index (χ0n) is 17.6. The number of carbonyl (C=O) groups is 1. The number of anilines is 1. The molecule has 0 atom stereocenters. The molecule has 3 nitrogen and oxygen atoms in total. The molecule has 0 N–H and O–H groups in total. The van der Waals surface area contributed by atoms with Crippen molar-refractivity contribution in [1.29, 1.82) is 0 Å². The summed E-state index contributed by atoms with van der Waals surface area (Å²) in [6.07, 6.45) is 3.98. The van der Waals surface area contributed by atoms with E-state index >= 15 is 0 Å². The van der Waals surface area contributed by atoms with Crippen molar-refractivity contribution in [3.8, 4) is 0 Å². The SMILES string of the molecule is Cc1ccccc1N1C(=O)C(=Cc2cn(Cc3ccc(Cl)cc3Cl)c3ccccc23)SC1=S. The van der Waals surface area contributed by atoms with E-state index in [1.165, 1.54) is 11.8 Å². The summed E-state index contributed by atoms with van der Waals surface area (Å²) in [6.45, 7) is 2.57. The van der Waals surface area contributed by atoms with Crippen molar-refractivity contribution in [3.05, 3.63) is 105 Å². The Labute approximate surface area is 211 Å². The zero-order valence-corrected chi connectivity index (χ0v) is 20.7. The second-order valence-corrected chi connectivity index (χ2v) is 10.3. The maximum Gasteiger partial charge on any atom is 0.270 e. The third-order valence-electron chi connectivity index (χ3n) is 5.61. The number of hydrogen-bond acceptors (Lipinski definition) is 3. The molecular weight excluding hydrogens is 491 g/mol. The van der Waals surface area contributed by atoms with Gasteiger partial charge in [0.2, 0.25) is 0 Å². The minimum atomic E-state index is -0.100. The van der Waals surface area contributed by atoms with Crippen LogP contribution in [0.2, 0.25) is 10.0 Å². The molecule has 0 unspecified atom stereocenters. The largest absolute Gasteiger partial charge is 0.342 e. The highest BCUT2D eigenvalue weighted by atomic mass is 35.5. The van der Waals surface area contributed by atoms with Crippen LogP contribution in [-0.2, 0) is 11.3 Å². The lowest BCUT2D eigenvalue weighted by Gasteiger charge is -2.16. The molecule has 164 valence electrons. The fourth-order valence-electron chi connectivity index (χ4n) is 3.99. The number of thioether (sulfide) groups is 1. The first-order chi connectivity index (χ1) is 15.9. The molecule has 2 heterocycles. The van der Waals surface area contributed by atoms with Gasteiger partial charge in [0.1, 0.15) is 0 Å². The molecule has 0 spiro atoms. The lowest BCUT2D eigenvalue weighted by molar-refractivity contribution is -0.113. The predicted molar refractivity (Wildman–Crippen MR) is 144 cm³/mol. The Balaban J connectivity index is 1.54. The Morgan fingerprint density at radius 3 is 2.58 bits per heavy atom. The summed E-state index contributed by atoms with van der Waals surface area (Å²) >= 11 is 19.4. The Morgan fingerprint density at radius 2 is 1.79 bits per heavy atom. The molecule has 1 aromatic heterocycles. The van der Waals surface area contributed by atoms with E-state index in [4.69, 9.17) is 35.4 Å². The number of thiocarbonyl (C=S) groups is 1. The van der Waals surface area contributed by atoms with Crippen LogP contribution in [0.3, 0.4) is 0 Å². The topological polar surface area (TPSA) is 25.2 Å². The number of para-hydroxylation sites is 2. The molecule has 7 heteroatoms. The van der Waals surface area contributed by atoms with E-state index < -0.39 is 0 Å². The van der Waals surface area contributed by atoms with E-state index in [1.807, 2.05) is 61.5 Å². The summed E-state index contributed by atoms with van der Waals surface area (Å²) in [4.78, 5) is 15.5. The van der Waals surface area contributed by atoms with E-state index in [2.05, 4.69) is 22.9 Å². The molecule has 0 saturated carbocycles. The molecule has 33 heavy (non-hydrogen) atoms. The second kappa shape index (κ2) is 8.99. The quantitative estimate of drug-likeness (QED) is 0.208. The van der Waals surface area contributed by atoms with Crippen LogP contribution in [0.1, 0.15) is 16.7 Å². The smallest absolute Gasteiger partial charge is 0.270 e. The normalized spacial score (nSPS) is 15.2. The van der Waals surface area contributed by atoms with Gasteiger partial charge in [-0.1, -0.05) is 89.6 Å². The molecule has 0 radical (unpaired) electrons. The van der Waals surface area contributed by atoms with E-state index in [0.717, 1.165) is 33.3 Å². The van der Waals surface area contributed by atoms with Gasteiger partial charge >= 0.3 is 0 Å². The Kier molecular flexibility index (Phi) is 6.06. The van der Waals surface area contributed by atoms with Gasteiger partial charge in [-0.25, -0.2) is 0 Å². The van der Waals surface area contributed by atoms with Crippen molar-refractivity contribution in [3.63, 3.8) is 0 Å². The third-order valence-corrected chi connectivity index (χ3v) is 7.50. The van der Waals surface area contributed by atoms with Crippen molar-refractivity contribution in [1.82, 2.24) is 4.57 Å². The van der Waals surface area contributed by atoms with Gasteiger partial charge in [-0.05, 0) is 48.4 Å². The van der Waals surface area contributed by atoms with Gasteiger partial charge in [-0.3, -0.25) is 9.69 Å². The van der Waals surface area contributed by atoms with Crippen molar-refractivity contribution in [2.45, 2.75) is 13.5 Å². The van der Waals surface area contributed by atoms with Crippen LogP contribution in [0.15, 0.2) is 77.8 Å². The number of amides is 1. The highest BCUT2D eigenvalue weighted by molar-refractivity contribution is 8.27. The Hall–Kier alpha value is -2.57. The molecule has 4 aromatic rings. The van der Waals surface area contributed by atoms with Gasteiger partial charge in [0.15, 0.2) is 4.32 Å². The first kappa shape index (κ1) is 22.2. The zero-order chi connectivity index (χ0) is 23.1. The molecule has 5 rings (SSSR count). The number of benzene rings is 3. The maximum absolute atomic E-state index is 13.3. The Bertz CT molecular complexity index is 1460. The number of fused-ring (bicyclic) bond motifs is 1. The third kappa shape index (κ3) is 4.22. The number of nitrogens with zero attached hydrogens (tertiary/aromatic N) is 2. The molecule has 3 aromatic carbocycles. The lowest BCUT2D eigenvalue weighted by Crippen LogP contribution is -2.28. The predicted octanol–water partition coefficient (Wildman–Crippen LogP) is 7.71. The van der Waals surface area contributed by atoms with Crippen LogP contribution in [-0.4, -0.2) is 14.8 Å². The van der Waals surface area contributed by atoms with Crippen molar-refractivity contribution < 1.29 is 4.79 Å². The van der Waals surface area contributed by atoms with Crippen molar-refractivity contribution >= 4 is 80.1 Å². The van der Waals surface area contributed by atoms with Gasteiger partial charge in [0, 0.05) is 39.3 Å². The fourth-order valence-corrected chi connectivity index (χ4v) is 5.73. The van der Waals surface area contributed by atoms with Gasteiger partial charge in [0.25, 0.3) is 5.91 Å². The van der Waals surface area contributed by atoms with Crippen molar-refractivity contribution in [2.75, 3.05) is 4.90 Å². The van der Waals surface area contributed by atoms with Gasteiger partial charge in [0.05, 0.1) is 10.6 Å². The molecule has 1 amide bonds. The molecule has 0 aliphatic carbocycles. The summed E-state index contributed by atoms with van der Waals surface area (Å²) in [5.74, 6) is -0.100. The van der Waals surface area contributed by atoms with Gasteiger partial charge in [-0.15, -0.1) is 0 Å². The summed E-state index contributed by atoms with van der Waals surface area (Å²) in [5.41, 5.74) is 4.82. The molecule has 1 aliphatic heterocycles. The number of aryl methyl sites for hydroxylation is 1. The summed E-state index contributed by atoms with van der Waals surface area (Å²) in [6, 6.07) is 21.4. The number of aromatic nitrogens is 1. The first-order valence-electron chi connectivity index (χ1n) is 10.3. The van der Waals surface area contributed by atoms with Gasteiger partial charge in [-0.2, -0.15) is 0 Å². The minimum Gasteiger partial charge on any atom is -0.342 e. The first-order valence-corrected chi connectivity index (χ1v) is 12.3. The lowest BCUT2D eigenvalue weighted by atomic mass is 10.1. The standard InChI is InChI=1S/C26H18Cl2N2OS2/c1-16-6-2-4-8-22(16)30-25(31)24(33-26(30)32)12-18-15-29(23-9-5-3-7-20(18)23)14-17-10-11-19(27)13-21(17)28/h2-13,15H,14H2,1H3. The van der Waals surface area contributed by atoms with Crippen LogP contribution in [0.5, 0.6) is 0 Å². The van der Waals surface area contributed by atoms with Gasteiger partial charge < -0.3 is 4.57 Å². The maximum atomic E-state index is 13.3. The number of hydrogen-bond donors (Lipinski definition) is 0. The van der Waals surface area contributed by atoms with E-state index in [0.29, 0.717) is 25.8 Å². The van der Waals surface area contributed by atoms with Crippen LogP contribution < -0.4 is 4.90 Å². The fraction of sp³-hybridized carbons (Fsp3) is 0.0769. The summed E-state index contributed by atoms with van der Waals surface area (Å²) in [7, 11) is 0. The highest BCUT2D eigenvalue weighted by Gasteiger charge is 2.34. The second-order valence-electron chi connectivity index (χ2n) is 7.77. The highest BCUT2D eigenvalue weighted by Crippen LogP contribution is 2.38. The van der Waals surface area contributed by atoms with E-state index in [-0.39, 0.29) is 5.91 Å². The molecule has 1 fully saturated rings. The average molecular weight is 509 g/mol. The number of rotatable bonds is 4. The number of halogens is 2. The van der Waals surface area contributed by atoms with E-state index in [1.54, 1.807) is 11.0 Å². The Morgan fingerprint density at radius 1 is 1.03 bits per heavy atom. The monoisotopic (exact) mass is 508 g/mol. The van der Waals surface area contributed by atoms with Crippen LogP contribution in [0.4, 0.5) is 5.69 Å². The van der Waals surface area contributed by atoms with Crippen LogP contribution in [0, 0.1) is 6.92 Å².